The molecule has 2 amide bonds. The van der Waals surface area contributed by atoms with Gasteiger partial charge in [0.05, 0.1) is 23.1 Å². The van der Waals surface area contributed by atoms with Crippen molar-refractivity contribution >= 4 is 23.2 Å². The number of carbonyl (C=O) groups is 2. The fraction of sp³-hybridized carbons (Fsp3) is 0.148. The van der Waals surface area contributed by atoms with E-state index in [1.807, 2.05) is 56.3 Å². The molecule has 1 heterocycles. The summed E-state index contributed by atoms with van der Waals surface area (Å²) in [6, 6.07) is 24.1. The lowest BCUT2D eigenvalue weighted by molar-refractivity contribution is -0.118. The fourth-order valence-electron chi connectivity index (χ4n) is 3.54. The van der Waals surface area contributed by atoms with Gasteiger partial charge in [0.25, 0.3) is 11.8 Å². The average molecular weight is 455 g/mol. The Hall–Kier alpha value is -4.39. The molecule has 3 aromatic carbocycles. The third-order valence-corrected chi connectivity index (χ3v) is 5.25. The third kappa shape index (κ3) is 5.50. The van der Waals surface area contributed by atoms with E-state index in [1.165, 1.54) is 0 Å². The maximum Gasteiger partial charge on any atom is 0.262 e. The van der Waals surface area contributed by atoms with E-state index >= 15 is 0 Å². The van der Waals surface area contributed by atoms with Gasteiger partial charge >= 0.3 is 0 Å². The van der Waals surface area contributed by atoms with Crippen LogP contribution in [0.15, 0.2) is 85.1 Å². The summed E-state index contributed by atoms with van der Waals surface area (Å²) in [4.78, 5) is 25.1. The van der Waals surface area contributed by atoms with E-state index in [-0.39, 0.29) is 18.4 Å². The molecule has 0 aliphatic heterocycles. The molecule has 7 nitrogen and oxygen atoms in total. The van der Waals surface area contributed by atoms with Crippen molar-refractivity contribution in [1.82, 2.24) is 9.78 Å². The molecule has 0 unspecified atom stereocenters. The molecular formula is C27H26N4O3. The van der Waals surface area contributed by atoms with E-state index in [0.717, 1.165) is 16.9 Å². The second-order valence-electron chi connectivity index (χ2n) is 7.79. The van der Waals surface area contributed by atoms with Gasteiger partial charge in [0.2, 0.25) is 0 Å². The highest BCUT2D eigenvalue weighted by atomic mass is 16.5. The molecule has 0 aliphatic carbocycles. The number of hydrogen-bond donors (Lipinski definition) is 2. The number of hydrogen-bond acceptors (Lipinski definition) is 4. The summed E-state index contributed by atoms with van der Waals surface area (Å²) < 4.78 is 7.40. The van der Waals surface area contributed by atoms with E-state index in [2.05, 4.69) is 15.7 Å². The summed E-state index contributed by atoms with van der Waals surface area (Å²) >= 11 is 0. The van der Waals surface area contributed by atoms with E-state index < -0.39 is 0 Å². The molecule has 2 N–H and O–H groups in total. The van der Waals surface area contributed by atoms with Gasteiger partial charge in [-0.15, -0.1) is 0 Å². The molecule has 0 atom stereocenters. The van der Waals surface area contributed by atoms with Crippen LogP contribution in [0.2, 0.25) is 0 Å². The summed E-state index contributed by atoms with van der Waals surface area (Å²) in [5.41, 5.74) is 4.67. The van der Waals surface area contributed by atoms with E-state index in [9.17, 15) is 9.59 Å². The SMILES string of the molecule is CCc1c(C(=O)Nc2cccc(OCC(=O)Nc3ccccc3)c2)cnn1-c1ccc(C)cc1. The Labute approximate surface area is 198 Å². The molecular weight excluding hydrogens is 428 g/mol. The lowest BCUT2D eigenvalue weighted by atomic mass is 10.1. The summed E-state index contributed by atoms with van der Waals surface area (Å²) in [5.74, 6) is -0.0435. The fourth-order valence-corrected chi connectivity index (χ4v) is 3.54. The Morgan fingerprint density at radius 3 is 2.38 bits per heavy atom. The minimum absolute atomic E-state index is 0.143. The second-order valence-corrected chi connectivity index (χ2v) is 7.79. The Kier molecular flexibility index (Phi) is 7.03. The largest absolute Gasteiger partial charge is 0.484 e. The molecule has 4 aromatic rings. The Bertz CT molecular complexity index is 1280. The highest BCUT2D eigenvalue weighted by Gasteiger charge is 2.17. The van der Waals surface area contributed by atoms with Crippen LogP contribution < -0.4 is 15.4 Å². The van der Waals surface area contributed by atoms with Crippen LogP contribution in [0.3, 0.4) is 0 Å². The first-order chi connectivity index (χ1) is 16.5. The van der Waals surface area contributed by atoms with Gasteiger partial charge in [-0.3, -0.25) is 9.59 Å². The third-order valence-electron chi connectivity index (χ3n) is 5.25. The number of nitrogens with zero attached hydrogens (tertiary/aromatic N) is 2. The Balaban J connectivity index is 1.41. The van der Waals surface area contributed by atoms with Gasteiger partial charge in [-0.1, -0.05) is 48.9 Å². The number of rotatable bonds is 8. The molecule has 0 saturated heterocycles. The number of ether oxygens (including phenoxy) is 1. The predicted octanol–water partition coefficient (Wildman–Crippen LogP) is 5.01. The molecule has 7 heteroatoms. The van der Waals surface area contributed by atoms with Gasteiger partial charge in [-0.05, 0) is 49.7 Å². The number of benzene rings is 3. The number of aryl methyl sites for hydroxylation is 1. The molecule has 0 aliphatic rings. The van der Waals surface area contributed by atoms with Crippen LogP contribution >= 0.6 is 0 Å². The molecule has 34 heavy (non-hydrogen) atoms. The average Bonchev–Trinajstić information content (AvgIpc) is 3.28. The monoisotopic (exact) mass is 454 g/mol. The normalized spacial score (nSPS) is 10.5. The minimum Gasteiger partial charge on any atom is -0.484 e. The van der Waals surface area contributed by atoms with Crippen LogP contribution in [-0.4, -0.2) is 28.2 Å². The van der Waals surface area contributed by atoms with Crippen molar-refractivity contribution < 1.29 is 14.3 Å². The Morgan fingerprint density at radius 2 is 1.65 bits per heavy atom. The van der Waals surface area contributed by atoms with E-state index in [4.69, 9.17) is 4.74 Å². The number of anilines is 2. The first-order valence-corrected chi connectivity index (χ1v) is 11.1. The molecule has 0 bridgehead atoms. The van der Waals surface area contributed by atoms with Gasteiger partial charge in [0.1, 0.15) is 5.75 Å². The van der Waals surface area contributed by atoms with Crippen LogP contribution in [-0.2, 0) is 11.2 Å². The Morgan fingerprint density at radius 1 is 0.912 bits per heavy atom. The standard InChI is InChI=1S/C27H26N4O3/c1-3-25-24(17-28-31(25)22-14-12-19(2)13-15-22)27(33)30-21-10-7-11-23(16-21)34-18-26(32)29-20-8-5-4-6-9-20/h4-17H,3,18H2,1-2H3,(H,29,32)(H,30,33). The number of para-hydroxylation sites is 1. The number of nitrogens with one attached hydrogen (secondary N) is 2. The number of aromatic nitrogens is 2. The van der Waals surface area contributed by atoms with Crippen LogP contribution in [0.1, 0.15) is 28.5 Å². The van der Waals surface area contributed by atoms with Crippen molar-refractivity contribution in [2.24, 2.45) is 0 Å². The lowest BCUT2D eigenvalue weighted by Gasteiger charge is -2.11. The smallest absolute Gasteiger partial charge is 0.262 e. The zero-order valence-electron chi connectivity index (χ0n) is 19.1. The van der Waals surface area contributed by atoms with Crippen molar-refractivity contribution in [2.45, 2.75) is 20.3 Å². The summed E-state index contributed by atoms with van der Waals surface area (Å²) in [6.07, 6.45) is 2.23. The first-order valence-electron chi connectivity index (χ1n) is 11.1. The second kappa shape index (κ2) is 10.5. The molecule has 1 aromatic heterocycles. The van der Waals surface area contributed by atoms with Crippen molar-refractivity contribution in [1.29, 1.82) is 0 Å². The highest BCUT2D eigenvalue weighted by Crippen LogP contribution is 2.21. The first kappa shape index (κ1) is 22.8. The van der Waals surface area contributed by atoms with Crippen LogP contribution in [0.25, 0.3) is 5.69 Å². The van der Waals surface area contributed by atoms with E-state index in [0.29, 0.717) is 29.1 Å². The van der Waals surface area contributed by atoms with E-state index in [1.54, 1.807) is 47.3 Å². The predicted molar refractivity (Wildman–Crippen MR) is 133 cm³/mol. The van der Waals surface area contributed by atoms with Gasteiger partial charge in [0.15, 0.2) is 6.61 Å². The quantitative estimate of drug-likeness (QED) is 0.392. The highest BCUT2D eigenvalue weighted by molar-refractivity contribution is 6.05. The van der Waals surface area contributed by atoms with Crippen molar-refractivity contribution in [2.75, 3.05) is 17.2 Å². The van der Waals surface area contributed by atoms with Crippen LogP contribution in [0.4, 0.5) is 11.4 Å². The molecule has 0 saturated carbocycles. The van der Waals surface area contributed by atoms with Crippen molar-refractivity contribution in [3.05, 3.63) is 102 Å². The van der Waals surface area contributed by atoms with Crippen LogP contribution in [0.5, 0.6) is 5.75 Å². The number of carbonyl (C=O) groups excluding carboxylic acids is 2. The summed E-state index contributed by atoms with van der Waals surface area (Å²) in [7, 11) is 0. The van der Waals surface area contributed by atoms with Gasteiger partial charge < -0.3 is 15.4 Å². The number of amides is 2. The zero-order valence-corrected chi connectivity index (χ0v) is 19.1. The topological polar surface area (TPSA) is 85.2 Å². The minimum atomic E-state index is -0.267. The van der Waals surface area contributed by atoms with Crippen LogP contribution in [0, 0.1) is 6.92 Å². The summed E-state index contributed by atoms with van der Waals surface area (Å²) in [6.45, 7) is 3.88. The van der Waals surface area contributed by atoms with Crippen molar-refractivity contribution in [3.8, 4) is 11.4 Å². The maximum atomic E-state index is 13.0. The lowest BCUT2D eigenvalue weighted by Crippen LogP contribution is -2.20. The zero-order chi connectivity index (χ0) is 23.9. The summed E-state index contributed by atoms with van der Waals surface area (Å²) in [5, 5.41) is 10.1. The van der Waals surface area contributed by atoms with Gasteiger partial charge in [-0.25, -0.2) is 4.68 Å². The molecule has 4 rings (SSSR count). The molecule has 172 valence electrons. The maximum absolute atomic E-state index is 13.0. The molecule has 0 spiro atoms. The van der Waals surface area contributed by atoms with Gasteiger partial charge in [-0.2, -0.15) is 5.10 Å². The molecule has 0 radical (unpaired) electrons. The van der Waals surface area contributed by atoms with Crippen molar-refractivity contribution in [3.63, 3.8) is 0 Å². The van der Waals surface area contributed by atoms with Gasteiger partial charge in [0, 0.05) is 17.4 Å². The molecule has 0 fully saturated rings.